The van der Waals surface area contributed by atoms with Gasteiger partial charge in [0.05, 0.1) is 16.7 Å². The van der Waals surface area contributed by atoms with Crippen molar-refractivity contribution in [3.63, 3.8) is 0 Å². The Hall–Kier alpha value is -6.64. The zero-order chi connectivity index (χ0) is 35.3. The van der Waals surface area contributed by atoms with Crippen LogP contribution < -0.4 is 4.90 Å². The number of hydrogen-bond donors (Lipinski definition) is 0. The van der Waals surface area contributed by atoms with E-state index in [2.05, 4.69) is 205 Å². The molecule has 0 radical (unpaired) electrons. The molecule has 53 heavy (non-hydrogen) atoms. The topological polar surface area (TPSA) is 8.17 Å². The smallest absolute Gasteiger partial charge is 0.0562 e. The lowest BCUT2D eigenvalue weighted by Crippen LogP contribution is -2.15. The Morgan fingerprint density at radius 1 is 0.453 bits per heavy atom. The summed E-state index contributed by atoms with van der Waals surface area (Å²) in [7, 11) is 0. The summed E-state index contributed by atoms with van der Waals surface area (Å²) in [5, 5.41) is 10.3. The number of fused-ring (bicyclic) bond motifs is 13. The highest BCUT2D eigenvalue weighted by Crippen LogP contribution is 2.55. The monoisotopic (exact) mass is 676 g/mol. The third kappa shape index (κ3) is 4.21. The number of benzene rings is 9. The van der Waals surface area contributed by atoms with Gasteiger partial charge in [-0.05, 0) is 109 Å². The third-order valence-corrected chi connectivity index (χ3v) is 11.7. The minimum absolute atomic E-state index is 0.108. The maximum Gasteiger partial charge on any atom is 0.0562 e. The first-order valence-electron chi connectivity index (χ1n) is 18.5. The molecule has 0 unspecified atom stereocenters. The van der Waals surface area contributed by atoms with Crippen LogP contribution in [0.3, 0.4) is 0 Å². The van der Waals surface area contributed by atoms with Gasteiger partial charge in [0.25, 0.3) is 0 Å². The highest BCUT2D eigenvalue weighted by molar-refractivity contribution is 6.26. The molecule has 1 aliphatic rings. The van der Waals surface area contributed by atoms with E-state index < -0.39 is 0 Å². The maximum absolute atomic E-state index is 2.44. The summed E-state index contributed by atoms with van der Waals surface area (Å²) in [6, 6.07) is 66.9. The normalized spacial score (nSPS) is 13.2. The number of para-hydroxylation sites is 3. The van der Waals surface area contributed by atoms with Gasteiger partial charge in [0.15, 0.2) is 0 Å². The molecule has 0 spiro atoms. The van der Waals surface area contributed by atoms with Crippen LogP contribution in [0.25, 0.3) is 70.9 Å². The molecule has 2 nitrogen and oxygen atoms in total. The van der Waals surface area contributed by atoms with Crippen molar-refractivity contribution in [2.24, 2.45) is 0 Å². The van der Waals surface area contributed by atoms with E-state index in [-0.39, 0.29) is 5.41 Å². The third-order valence-electron chi connectivity index (χ3n) is 11.7. The quantitative estimate of drug-likeness (QED) is 0.168. The van der Waals surface area contributed by atoms with Gasteiger partial charge in [-0.1, -0.05) is 141 Å². The van der Waals surface area contributed by atoms with Crippen molar-refractivity contribution in [2.75, 3.05) is 4.90 Å². The van der Waals surface area contributed by atoms with Crippen molar-refractivity contribution >= 4 is 71.2 Å². The average molecular weight is 677 g/mol. The molecule has 2 heteroatoms. The lowest BCUT2D eigenvalue weighted by atomic mass is 9.78. The zero-order valence-electron chi connectivity index (χ0n) is 29.7. The fraction of sp³-hybridized carbons (Fsp3) is 0.0588. The van der Waals surface area contributed by atoms with Gasteiger partial charge in [-0.3, -0.25) is 0 Å². The number of aromatic nitrogens is 1. The summed E-state index contributed by atoms with van der Waals surface area (Å²) in [5.74, 6) is 0. The molecule has 250 valence electrons. The minimum atomic E-state index is -0.108. The average Bonchev–Trinajstić information content (AvgIpc) is 3.68. The predicted octanol–water partition coefficient (Wildman–Crippen LogP) is 14.0. The lowest BCUT2D eigenvalue weighted by Gasteiger charge is -2.27. The molecule has 1 aliphatic carbocycles. The Bertz CT molecular complexity index is 3080. The number of hydrogen-bond acceptors (Lipinski definition) is 1. The van der Waals surface area contributed by atoms with E-state index in [1.54, 1.807) is 0 Å². The second kappa shape index (κ2) is 11.2. The van der Waals surface area contributed by atoms with Crippen LogP contribution in [0.1, 0.15) is 25.0 Å². The van der Waals surface area contributed by atoms with Crippen LogP contribution in [0.5, 0.6) is 0 Å². The van der Waals surface area contributed by atoms with Gasteiger partial charge < -0.3 is 9.47 Å². The Balaban J connectivity index is 1.19. The van der Waals surface area contributed by atoms with E-state index in [1.807, 2.05) is 0 Å². The van der Waals surface area contributed by atoms with Gasteiger partial charge in [-0.25, -0.2) is 0 Å². The lowest BCUT2D eigenvalue weighted by molar-refractivity contribution is 0.666. The van der Waals surface area contributed by atoms with Gasteiger partial charge in [0.1, 0.15) is 0 Å². The van der Waals surface area contributed by atoms with Crippen LogP contribution in [0.15, 0.2) is 182 Å². The number of nitrogens with zero attached hydrogens (tertiary/aromatic N) is 2. The maximum atomic E-state index is 2.44. The molecule has 10 aromatic rings. The van der Waals surface area contributed by atoms with E-state index in [4.69, 9.17) is 0 Å². The Kier molecular flexibility index (Phi) is 6.33. The van der Waals surface area contributed by atoms with Crippen LogP contribution in [0.2, 0.25) is 0 Å². The van der Waals surface area contributed by atoms with Crippen LogP contribution in [0, 0.1) is 0 Å². The molecule has 0 amide bonds. The highest BCUT2D eigenvalue weighted by Gasteiger charge is 2.38. The summed E-state index contributed by atoms with van der Waals surface area (Å²) in [6.07, 6.45) is 0. The molecule has 0 bridgehead atoms. The molecule has 0 N–H and O–H groups in total. The van der Waals surface area contributed by atoms with E-state index >= 15 is 0 Å². The predicted molar refractivity (Wildman–Crippen MR) is 226 cm³/mol. The van der Waals surface area contributed by atoms with Gasteiger partial charge in [-0.2, -0.15) is 0 Å². The SMILES string of the molecule is CC1(C)c2ccccc2-c2c1c1ccc3cc(N(c4ccccc4)c4cccc5c4c4ccccc4n5-c4ccccc4)ccc3c1c1ccccc21. The molecule has 0 saturated carbocycles. The fourth-order valence-corrected chi connectivity index (χ4v) is 9.50. The summed E-state index contributed by atoms with van der Waals surface area (Å²) < 4.78 is 2.40. The van der Waals surface area contributed by atoms with Crippen molar-refractivity contribution in [3.8, 4) is 16.8 Å². The van der Waals surface area contributed by atoms with Crippen LogP contribution in [-0.4, -0.2) is 4.57 Å². The van der Waals surface area contributed by atoms with Gasteiger partial charge in [0.2, 0.25) is 0 Å². The first kappa shape index (κ1) is 30.0. The molecule has 0 aliphatic heterocycles. The van der Waals surface area contributed by atoms with E-state index in [9.17, 15) is 0 Å². The van der Waals surface area contributed by atoms with Crippen LogP contribution >= 0.6 is 0 Å². The molecule has 0 saturated heterocycles. The van der Waals surface area contributed by atoms with Gasteiger partial charge in [0, 0.05) is 33.2 Å². The molecule has 11 rings (SSSR count). The molecular formula is C51H36N2. The van der Waals surface area contributed by atoms with E-state index in [0.717, 1.165) is 22.7 Å². The first-order chi connectivity index (χ1) is 26.1. The highest BCUT2D eigenvalue weighted by atomic mass is 15.1. The second-order valence-corrected chi connectivity index (χ2v) is 14.9. The van der Waals surface area contributed by atoms with Crippen molar-refractivity contribution in [1.29, 1.82) is 0 Å². The number of anilines is 3. The summed E-state index contributed by atoms with van der Waals surface area (Å²) >= 11 is 0. The Morgan fingerprint density at radius 3 is 1.94 bits per heavy atom. The largest absolute Gasteiger partial charge is 0.310 e. The standard InChI is InChI=1S/C51H36N2/c1-51(2)43-24-13-11-22-40(43)48-39-21-10-9-20-38(39)47-37-31-29-36(32-33(37)28-30-42(47)50(48)51)52(34-16-5-3-6-17-34)45-26-15-27-46-49(45)41-23-12-14-25-44(41)53(46)35-18-7-4-8-19-35/h3-32H,1-2H3. The zero-order valence-corrected chi connectivity index (χ0v) is 29.7. The molecule has 1 heterocycles. The molecule has 0 fully saturated rings. The van der Waals surface area contributed by atoms with Crippen molar-refractivity contribution < 1.29 is 0 Å². The molecule has 0 atom stereocenters. The van der Waals surface area contributed by atoms with Crippen molar-refractivity contribution in [2.45, 2.75) is 19.3 Å². The van der Waals surface area contributed by atoms with Crippen molar-refractivity contribution in [3.05, 3.63) is 193 Å². The molecular weight excluding hydrogens is 641 g/mol. The number of rotatable bonds is 4. The summed E-state index contributed by atoms with van der Waals surface area (Å²) in [4.78, 5) is 2.44. The molecule has 1 aromatic heterocycles. The van der Waals surface area contributed by atoms with Crippen molar-refractivity contribution in [1.82, 2.24) is 4.57 Å². The van der Waals surface area contributed by atoms with Crippen LogP contribution in [-0.2, 0) is 5.41 Å². The first-order valence-corrected chi connectivity index (χ1v) is 18.5. The Morgan fingerprint density at radius 2 is 1.11 bits per heavy atom. The fourth-order valence-electron chi connectivity index (χ4n) is 9.50. The van der Waals surface area contributed by atoms with E-state index in [0.29, 0.717) is 0 Å². The molecule has 9 aromatic carbocycles. The van der Waals surface area contributed by atoms with E-state index in [1.165, 1.54) is 76.4 Å². The second-order valence-electron chi connectivity index (χ2n) is 14.9. The summed E-state index contributed by atoms with van der Waals surface area (Å²) in [6.45, 7) is 4.79. The van der Waals surface area contributed by atoms with Gasteiger partial charge in [-0.15, -0.1) is 0 Å². The summed E-state index contributed by atoms with van der Waals surface area (Å²) in [5.41, 5.74) is 12.4. The Labute approximate surface area is 308 Å². The van der Waals surface area contributed by atoms with Crippen LogP contribution in [0.4, 0.5) is 17.1 Å². The van der Waals surface area contributed by atoms with Gasteiger partial charge >= 0.3 is 0 Å². The minimum Gasteiger partial charge on any atom is -0.310 e.